The Kier molecular flexibility index (Phi) is 5.57. The number of amides is 2. The van der Waals surface area contributed by atoms with Crippen molar-refractivity contribution in [1.82, 2.24) is 9.80 Å². The molecule has 2 heterocycles. The normalized spacial score (nSPS) is 15.5. The molecule has 22 heavy (non-hydrogen) atoms. The molecule has 120 valence electrons. The van der Waals surface area contributed by atoms with Crippen molar-refractivity contribution >= 4 is 17.8 Å². The van der Waals surface area contributed by atoms with Crippen molar-refractivity contribution in [2.75, 3.05) is 26.2 Å². The number of hydrogen-bond donors (Lipinski definition) is 1. The minimum absolute atomic E-state index is 0.00464. The molecule has 1 N–H and O–H groups in total. The van der Waals surface area contributed by atoms with Crippen LogP contribution in [0.2, 0.25) is 0 Å². The third-order valence-corrected chi connectivity index (χ3v) is 3.69. The smallest absolute Gasteiger partial charge is 0.303 e. The van der Waals surface area contributed by atoms with Gasteiger partial charge in [-0.05, 0) is 18.9 Å². The van der Waals surface area contributed by atoms with Crippen LogP contribution in [-0.2, 0) is 9.59 Å². The van der Waals surface area contributed by atoms with E-state index in [4.69, 9.17) is 9.52 Å². The topological polar surface area (TPSA) is 91.1 Å². The van der Waals surface area contributed by atoms with Crippen LogP contribution in [0.15, 0.2) is 23.0 Å². The molecule has 7 nitrogen and oxygen atoms in total. The summed E-state index contributed by atoms with van der Waals surface area (Å²) in [6.07, 6.45) is 4.19. The van der Waals surface area contributed by atoms with Gasteiger partial charge in [0.2, 0.25) is 5.91 Å². The van der Waals surface area contributed by atoms with Crippen LogP contribution in [0.3, 0.4) is 0 Å². The van der Waals surface area contributed by atoms with Gasteiger partial charge in [-0.3, -0.25) is 14.4 Å². The van der Waals surface area contributed by atoms with Gasteiger partial charge in [-0.2, -0.15) is 0 Å². The standard InChI is InChI=1S/C15H20N2O5/c18-13(3-1-4-14(19)20)16-6-2-7-17(9-8-16)15(21)12-5-10-22-11-12/h5,10-11H,1-4,6-9H2,(H,19,20). The Bertz CT molecular complexity index is 526. The van der Waals surface area contributed by atoms with Crippen LogP contribution in [0.5, 0.6) is 0 Å². The first-order valence-corrected chi connectivity index (χ1v) is 7.39. The number of furan rings is 1. The molecule has 0 aliphatic carbocycles. The van der Waals surface area contributed by atoms with E-state index in [0.29, 0.717) is 44.6 Å². The molecule has 1 aromatic heterocycles. The Morgan fingerprint density at radius 1 is 1.09 bits per heavy atom. The van der Waals surface area contributed by atoms with Gasteiger partial charge in [-0.1, -0.05) is 0 Å². The molecule has 0 spiro atoms. The molecule has 0 radical (unpaired) electrons. The molecule has 0 atom stereocenters. The fourth-order valence-electron chi connectivity index (χ4n) is 2.49. The van der Waals surface area contributed by atoms with Gasteiger partial charge in [0.25, 0.3) is 5.91 Å². The van der Waals surface area contributed by atoms with E-state index in [9.17, 15) is 14.4 Å². The zero-order valence-electron chi connectivity index (χ0n) is 12.4. The number of nitrogens with zero attached hydrogens (tertiary/aromatic N) is 2. The molecule has 2 amide bonds. The van der Waals surface area contributed by atoms with Gasteiger partial charge in [-0.15, -0.1) is 0 Å². The lowest BCUT2D eigenvalue weighted by Crippen LogP contribution is -2.37. The van der Waals surface area contributed by atoms with E-state index in [1.54, 1.807) is 15.9 Å². The van der Waals surface area contributed by atoms with E-state index >= 15 is 0 Å². The quantitative estimate of drug-likeness (QED) is 0.883. The lowest BCUT2D eigenvalue weighted by molar-refractivity contribution is -0.137. The van der Waals surface area contributed by atoms with E-state index in [-0.39, 0.29) is 24.7 Å². The molecule has 0 unspecified atom stereocenters. The van der Waals surface area contributed by atoms with Crippen molar-refractivity contribution in [1.29, 1.82) is 0 Å². The lowest BCUT2D eigenvalue weighted by Gasteiger charge is -2.21. The Labute approximate surface area is 128 Å². The van der Waals surface area contributed by atoms with E-state index in [1.807, 2.05) is 0 Å². The number of carbonyl (C=O) groups is 3. The summed E-state index contributed by atoms with van der Waals surface area (Å²) >= 11 is 0. The van der Waals surface area contributed by atoms with Crippen LogP contribution >= 0.6 is 0 Å². The van der Waals surface area contributed by atoms with Crippen LogP contribution in [0.1, 0.15) is 36.0 Å². The summed E-state index contributed by atoms with van der Waals surface area (Å²) in [7, 11) is 0. The highest BCUT2D eigenvalue weighted by Crippen LogP contribution is 2.11. The molecule has 1 aliphatic rings. The average Bonchev–Trinajstić information content (AvgIpc) is 2.90. The molecule has 2 rings (SSSR count). The second kappa shape index (κ2) is 7.63. The molecular weight excluding hydrogens is 288 g/mol. The van der Waals surface area contributed by atoms with E-state index < -0.39 is 5.97 Å². The first-order valence-electron chi connectivity index (χ1n) is 7.39. The minimum atomic E-state index is -0.888. The predicted octanol–water partition coefficient (Wildman–Crippen LogP) is 1.21. The van der Waals surface area contributed by atoms with Gasteiger partial charge in [-0.25, -0.2) is 0 Å². The average molecular weight is 308 g/mol. The maximum Gasteiger partial charge on any atom is 0.303 e. The Hall–Kier alpha value is -2.31. The Balaban J connectivity index is 1.83. The summed E-state index contributed by atoms with van der Waals surface area (Å²) in [6.45, 7) is 2.16. The second-order valence-electron chi connectivity index (χ2n) is 5.29. The molecule has 0 aromatic carbocycles. The predicted molar refractivity (Wildman–Crippen MR) is 77.3 cm³/mol. The third kappa shape index (κ3) is 4.34. The molecule has 1 aliphatic heterocycles. The van der Waals surface area contributed by atoms with Gasteiger partial charge in [0.05, 0.1) is 11.8 Å². The molecule has 1 fully saturated rings. The summed E-state index contributed by atoms with van der Waals surface area (Å²) < 4.78 is 4.92. The third-order valence-electron chi connectivity index (χ3n) is 3.69. The van der Waals surface area contributed by atoms with Crippen molar-refractivity contribution in [2.45, 2.75) is 25.7 Å². The fourth-order valence-corrected chi connectivity index (χ4v) is 2.49. The van der Waals surface area contributed by atoms with Crippen LogP contribution in [0.4, 0.5) is 0 Å². The second-order valence-corrected chi connectivity index (χ2v) is 5.29. The van der Waals surface area contributed by atoms with Crippen LogP contribution in [0, 0.1) is 0 Å². The Morgan fingerprint density at radius 2 is 1.82 bits per heavy atom. The lowest BCUT2D eigenvalue weighted by atomic mass is 10.2. The van der Waals surface area contributed by atoms with Crippen LogP contribution in [0.25, 0.3) is 0 Å². The van der Waals surface area contributed by atoms with Crippen molar-refractivity contribution in [3.63, 3.8) is 0 Å². The molecule has 1 saturated heterocycles. The monoisotopic (exact) mass is 308 g/mol. The van der Waals surface area contributed by atoms with E-state index in [1.165, 1.54) is 12.5 Å². The number of aliphatic carboxylic acids is 1. The number of carbonyl (C=O) groups excluding carboxylic acids is 2. The highest BCUT2D eigenvalue weighted by molar-refractivity contribution is 5.93. The zero-order valence-corrected chi connectivity index (χ0v) is 12.4. The van der Waals surface area contributed by atoms with Crippen molar-refractivity contribution in [2.24, 2.45) is 0 Å². The van der Waals surface area contributed by atoms with Crippen LogP contribution in [-0.4, -0.2) is 58.9 Å². The van der Waals surface area contributed by atoms with Gasteiger partial charge in [0, 0.05) is 39.0 Å². The largest absolute Gasteiger partial charge is 0.481 e. The molecule has 0 saturated carbocycles. The summed E-state index contributed by atoms with van der Waals surface area (Å²) in [4.78, 5) is 38.2. The summed E-state index contributed by atoms with van der Waals surface area (Å²) in [6, 6.07) is 1.63. The number of hydrogen-bond acceptors (Lipinski definition) is 4. The summed E-state index contributed by atoms with van der Waals surface area (Å²) in [5.41, 5.74) is 0.515. The summed E-state index contributed by atoms with van der Waals surface area (Å²) in [5.74, 6) is -1.02. The van der Waals surface area contributed by atoms with Crippen molar-refractivity contribution < 1.29 is 23.9 Å². The fraction of sp³-hybridized carbons (Fsp3) is 0.533. The highest BCUT2D eigenvalue weighted by atomic mass is 16.4. The first kappa shape index (κ1) is 16.1. The van der Waals surface area contributed by atoms with Gasteiger partial charge in [0.1, 0.15) is 6.26 Å². The van der Waals surface area contributed by atoms with E-state index in [2.05, 4.69) is 0 Å². The molecular formula is C15H20N2O5. The summed E-state index contributed by atoms with van der Waals surface area (Å²) in [5, 5.41) is 8.59. The zero-order chi connectivity index (χ0) is 15.9. The number of carboxylic acids is 1. The highest BCUT2D eigenvalue weighted by Gasteiger charge is 2.23. The van der Waals surface area contributed by atoms with Crippen molar-refractivity contribution in [3.8, 4) is 0 Å². The van der Waals surface area contributed by atoms with Crippen molar-refractivity contribution in [3.05, 3.63) is 24.2 Å². The molecule has 1 aromatic rings. The number of carboxylic acid groups (broad SMARTS) is 1. The maximum atomic E-state index is 12.2. The van der Waals surface area contributed by atoms with Gasteiger partial charge in [0.15, 0.2) is 0 Å². The van der Waals surface area contributed by atoms with Crippen LogP contribution < -0.4 is 0 Å². The minimum Gasteiger partial charge on any atom is -0.481 e. The number of rotatable bonds is 5. The Morgan fingerprint density at radius 3 is 2.50 bits per heavy atom. The first-order chi connectivity index (χ1) is 10.6. The maximum absolute atomic E-state index is 12.2. The van der Waals surface area contributed by atoms with Gasteiger partial charge < -0.3 is 19.3 Å². The molecule has 7 heteroatoms. The SMILES string of the molecule is O=C(O)CCCC(=O)N1CCCN(C(=O)c2ccoc2)CC1. The van der Waals surface area contributed by atoms with E-state index in [0.717, 1.165) is 0 Å². The van der Waals surface area contributed by atoms with Gasteiger partial charge >= 0.3 is 5.97 Å². The molecule has 0 bridgehead atoms.